The minimum absolute atomic E-state index is 0.133. The smallest absolute Gasteiger partial charge is 0.238 e. The van der Waals surface area contributed by atoms with Gasteiger partial charge in [0.05, 0.1) is 23.8 Å². The van der Waals surface area contributed by atoms with Gasteiger partial charge in [0, 0.05) is 0 Å². The lowest BCUT2D eigenvalue weighted by Gasteiger charge is -2.06. The van der Waals surface area contributed by atoms with Gasteiger partial charge in [-0.25, -0.2) is 0 Å². The highest BCUT2D eigenvalue weighted by Gasteiger charge is 2.03. The second kappa shape index (κ2) is 6.89. The molecule has 1 amide bonds. The van der Waals surface area contributed by atoms with Crippen LogP contribution in [0.5, 0.6) is 0 Å². The van der Waals surface area contributed by atoms with Crippen molar-refractivity contribution in [3.05, 3.63) is 29.3 Å². The van der Waals surface area contributed by atoms with Crippen molar-refractivity contribution in [2.45, 2.75) is 6.92 Å². The van der Waals surface area contributed by atoms with Crippen LogP contribution in [0.15, 0.2) is 24.3 Å². The van der Waals surface area contributed by atoms with Crippen molar-refractivity contribution < 1.29 is 4.79 Å². The zero-order chi connectivity index (χ0) is 11.8. The van der Waals surface area contributed by atoms with E-state index in [1.807, 2.05) is 12.1 Å². The molecule has 0 fully saturated rings. The lowest BCUT2D eigenvalue weighted by molar-refractivity contribution is -0.115. The van der Waals surface area contributed by atoms with Gasteiger partial charge in [-0.05, 0) is 19.1 Å². The first-order chi connectivity index (χ1) is 7.74. The Morgan fingerprint density at radius 1 is 1.44 bits per heavy atom. The standard InChI is InChI=1S/C12H13ClN2O/c1-2-3-8-14-9-12(16)15-11-7-5-4-6-10(11)13/h4-7,14H,8-9H2,1H3,(H,15,16). The molecule has 0 bridgehead atoms. The van der Waals surface area contributed by atoms with Gasteiger partial charge in [0.25, 0.3) is 0 Å². The molecule has 2 N–H and O–H groups in total. The fraction of sp³-hybridized carbons (Fsp3) is 0.250. The monoisotopic (exact) mass is 236 g/mol. The van der Waals surface area contributed by atoms with Crippen molar-refractivity contribution in [3.63, 3.8) is 0 Å². The highest BCUT2D eigenvalue weighted by atomic mass is 35.5. The minimum atomic E-state index is -0.133. The fourth-order valence-corrected chi connectivity index (χ4v) is 1.27. The summed E-state index contributed by atoms with van der Waals surface area (Å²) in [4.78, 5) is 11.4. The van der Waals surface area contributed by atoms with Crippen LogP contribution in [-0.2, 0) is 4.79 Å². The zero-order valence-electron chi connectivity index (χ0n) is 9.01. The minimum Gasteiger partial charge on any atom is -0.324 e. The molecule has 0 saturated carbocycles. The van der Waals surface area contributed by atoms with Crippen LogP contribution in [-0.4, -0.2) is 19.0 Å². The van der Waals surface area contributed by atoms with E-state index in [-0.39, 0.29) is 12.5 Å². The van der Waals surface area contributed by atoms with Gasteiger partial charge in [-0.1, -0.05) is 29.7 Å². The summed E-state index contributed by atoms with van der Waals surface area (Å²) in [6, 6.07) is 7.11. The maximum absolute atomic E-state index is 11.4. The summed E-state index contributed by atoms with van der Waals surface area (Å²) in [5.74, 6) is 5.41. The number of carbonyl (C=O) groups excluding carboxylic acids is 1. The molecule has 1 aromatic carbocycles. The molecule has 0 heterocycles. The number of halogens is 1. The molecule has 4 heteroatoms. The molecule has 0 aliphatic heterocycles. The van der Waals surface area contributed by atoms with Crippen LogP contribution >= 0.6 is 11.6 Å². The first-order valence-electron chi connectivity index (χ1n) is 4.88. The number of carbonyl (C=O) groups is 1. The number of benzene rings is 1. The van der Waals surface area contributed by atoms with Gasteiger partial charge in [0.1, 0.15) is 0 Å². The number of hydrogen-bond acceptors (Lipinski definition) is 2. The third-order valence-corrected chi connectivity index (χ3v) is 2.15. The van der Waals surface area contributed by atoms with E-state index in [9.17, 15) is 4.79 Å². The molecule has 0 aliphatic carbocycles. The van der Waals surface area contributed by atoms with Gasteiger partial charge in [-0.15, -0.1) is 5.92 Å². The van der Waals surface area contributed by atoms with Crippen LogP contribution in [0.25, 0.3) is 0 Å². The summed E-state index contributed by atoms with van der Waals surface area (Å²) in [6.45, 7) is 2.48. The summed E-state index contributed by atoms with van der Waals surface area (Å²) in [5.41, 5.74) is 0.623. The molecule has 0 aliphatic rings. The number of rotatable bonds is 4. The van der Waals surface area contributed by atoms with Crippen molar-refractivity contribution in [2.75, 3.05) is 18.4 Å². The second-order valence-electron chi connectivity index (χ2n) is 3.06. The van der Waals surface area contributed by atoms with E-state index in [1.54, 1.807) is 19.1 Å². The Morgan fingerprint density at radius 3 is 2.88 bits per heavy atom. The van der Waals surface area contributed by atoms with Crippen LogP contribution in [0.2, 0.25) is 5.02 Å². The van der Waals surface area contributed by atoms with E-state index < -0.39 is 0 Å². The predicted molar refractivity (Wildman–Crippen MR) is 66.4 cm³/mol. The molecule has 1 aromatic rings. The van der Waals surface area contributed by atoms with E-state index in [1.165, 1.54) is 0 Å². The lowest BCUT2D eigenvalue weighted by atomic mass is 10.3. The molecule has 0 radical (unpaired) electrons. The summed E-state index contributed by atoms with van der Waals surface area (Å²) in [6.07, 6.45) is 0. The molecule has 0 saturated heterocycles. The Labute approximate surface area is 100 Å². The predicted octanol–water partition coefficient (Wildman–Crippen LogP) is 1.89. The van der Waals surface area contributed by atoms with Crippen LogP contribution in [0.3, 0.4) is 0 Å². The molecule has 0 spiro atoms. The van der Waals surface area contributed by atoms with Gasteiger partial charge in [0.2, 0.25) is 5.91 Å². The van der Waals surface area contributed by atoms with E-state index >= 15 is 0 Å². The van der Waals surface area contributed by atoms with Gasteiger partial charge in [0.15, 0.2) is 0 Å². The number of anilines is 1. The van der Waals surface area contributed by atoms with Gasteiger partial charge < -0.3 is 5.32 Å². The van der Waals surface area contributed by atoms with Crippen LogP contribution in [0.1, 0.15) is 6.92 Å². The Morgan fingerprint density at radius 2 is 2.19 bits per heavy atom. The van der Waals surface area contributed by atoms with E-state index in [0.717, 1.165) is 0 Å². The largest absolute Gasteiger partial charge is 0.324 e. The van der Waals surface area contributed by atoms with E-state index in [2.05, 4.69) is 22.5 Å². The molecule has 0 atom stereocenters. The summed E-state index contributed by atoms with van der Waals surface area (Å²) >= 11 is 5.89. The third kappa shape index (κ3) is 4.35. The average Bonchev–Trinajstić information content (AvgIpc) is 2.28. The molecular formula is C12H13ClN2O. The topological polar surface area (TPSA) is 41.1 Å². The zero-order valence-corrected chi connectivity index (χ0v) is 9.77. The van der Waals surface area contributed by atoms with Gasteiger partial charge >= 0.3 is 0 Å². The molecule has 16 heavy (non-hydrogen) atoms. The van der Waals surface area contributed by atoms with Crippen molar-refractivity contribution in [1.29, 1.82) is 0 Å². The number of hydrogen-bond donors (Lipinski definition) is 2. The van der Waals surface area contributed by atoms with Crippen molar-refractivity contribution in [1.82, 2.24) is 5.32 Å². The average molecular weight is 237 g/mol. The normalized spacial score (nSPS) is 9.12. The van der Waals surface area contributed by atoms with Crippen LogP contribution < -0.4 is 10.6 Å². The number of nitrogens with one attached hydrogen (secondary N) is 2. The first kappa shape index (κ1) is 12.6. The highest BCUT2D eigenvalue weighted by Crippen LogP contribution is 2.19. The van der Waals surface area contributed by atoms with E-state index in [4.69, 9.17) is 11.6 Å². The Bertz CT molecular complexity index is 421. The molecule has 3 nitrogen and oxygen atoms in total. The molecule has 84 valence electrons. The summed E-state index contributed by atoms with van der Waals surface area (Å²) < 4.78 is 0. The lowest BCUT2D eigenvalue weighted by Crippen LogP contribution is -2.28. The second-order valence-corrected chi connectivity index (χ2v) is 3.47. The Balaban J connectivity index is 2.39. The quantitative estimate of drug-likeness (QED) is 0.619. The fourth-order valence-electron chi connectivity index (χ4n) is 1.08. The first-order valence-corrected chi connectivity index (χ1v) is 5.26. The Hall–Kier alpha value is -1.50. The van der Waals surface area contributed by atoms with Crippen LogP contribution in [0.4, 0.5) is 5.69 Å². The van der Waals surface area contributed by atoms with Crippen molar-refractivity contribution >= 4 is 23.2 Å². The maximum atomic E-state index is 11.4. The molecule has 0 aromatic heterocycles. The van der Waals surface area contributed by atoms with Gasteiger partial charge in [-0.2, -0.15) is 0 Å². The summed E-state index contributed by atoms with van der Waals surface area (Å²) in [7, 11) is 0. The Kier molecular flexibility index (Phi) is 5.41. The SMILES string of the molecule is CC#CCNCC(=O)Nc1ccccc1Cl. The van der Waals surface area contributed by atoms with Crippen LogP contribution in [0, 0.1) is 11.8 Å². The number of para-hydroxylation sites is 1. The molecule has 0 unspecified atom stereocenters. The van der Waals surface area contributed by atoms with Gasteiger partial charge in [-0.3, -0.25) is 10.1 Å². The molecule has 1 rings (SSSR count). The molecular weight excluding hydrogens is 224 g/mol. The third-order valence-electron chi connectivity index (χ3n) is 1.82. The number of amides is 1. The maximum Gasteiger partial charge on any atom is 0.238 e. The van der Waals surface area contributed by atoms with E-state index in [0.29, 0.717) is 17.3 Å². The highest BCUT2D eigenvalue weighted by molar-refractivity contribution is 6.33. The summed E-state index contributed by atoms with van der Waals surface area (Å²) in [5, 5.41) is 6.13. The van der Waals surface area contributed by atoms with Crippen molar-refractivity contribution in [2.24, 2.45) is 0 Å². The van der Waals surface area contributed by atoms with Crippen molar-refractivity contribution in [3.8, 4) is 11.8 Å².